The molecular formula is C13H23N3O2. The van der Waals surface area contributed by atoms with Gasteiger partial charge in [0.25, 0.3) is 0 Å². The van der Waals surface area contributed by atoms with Gasteiger partial charge in [-0.1, -0.05) is 19.0 Å². The van der Waals surface area contributed by atoms with E-state index >= 15 is 0 Å². The molecule has 1 saturated heterocycles. The van der Waals surface area contributed by atoms with Crippen molar-refractivity contribution >= 4 is 0 Å². The largest absolute Gasteiger partial charge is 0.378 e. The summed E-state index contributed by atoms with van der Waals surface area (Å²) < 4.78 is 11.0. The summed E-state index contributed by atoms with van der Waals surface area (Å²) in [4.78, 5) is 4.36. The van der Waals surface area contributed by atoms with E-state index in [0.29, 0.717) is 24.5 Å². The average Bonchev–Trinajstić information content (AvgIpc) is 2.77. The Hall–Kier alpha value is -0.940. The molecule has 0 spiro atoms. The molecule has 0 amide bonds. The molecule has 0 unspecified atom stereocenters. The van der Waals surface area contributed by atoms with Crippen LogP contribution in [0, 0.1) is 5.92 Å². The normalized spacial score (nSPS) is 17.5. The lowest BCUT2D eigenvalue weighted by atomic mass is 10.1. The lowest BCUT2D eigenvalue weighted by molar-refractivity contribution is 0.0322. The third-order valence-electron chi connectivity index (χ3n) is 3.06. The van der Waals surface area contributed by atoms with E-state index in [1.165, 1.54) is 0 Å². The molecule has 1 aromatic heterocycles. The minimum absolute atomic E-state index is 0.393. The second-order valence-corrected chi connectivity index (χ2v) is 5.27. The lowest BCUT2D eigenvalue weighted by Crippen LogP contribution is -2.32. The number of aromatic nitrogens is 2. The van der Waals surface area contributed by atoms with Gasteiger partial charge in [-0.3, -0.25) is 0 Å². The molecule has 1 N–H and O–H groups in total. The van der Waals surface area contributed by atoms with Crippen molar-refractivity contribution in [2.24, 2.45) is 5.92 Å². The first-order valence-corrected chi connectivity index (χ1v) is 6.88. The summed E-state index contributed by atoms with van der Waals surface area (Å²) in [5, 5.41) is 7.29. The van der Waals surface area contributed by atoms with Crippen LogP contribution in [0.5, 0.6) is 0 Å². The van der Waals surface area contributed by atoms with Gasteiger partial charge in [0.2, 0.25) is 5.89 Å². The summed E-state index contributed by atoms with van der Waals surface area (Å²) in [6.45, 7) is 7.09. The number of hydrogen-bond acceptors (Lipinski definition) is 5. The van der Waals surface area contributed by atoms with Crippen molar-refractivity contribution in [3.63, 3.8) is 0 Å². The molecule has 0 bridgehead atoms. The predicted octanol–water partition coefficient (Wildman–Crippen LogP) is 1.58. The summed E-state index contributed by atoms with van der Waals surface area (Å²) in [5.41, 5.74) is 0. The Morgan fingerprint density at radius 2 is 2.17 bits per heavy atom. The molecule has 1 aromatic rings. The van der Waals surface area contributed by atoms with E-state index < -0.39 is 0 Å². The highest BCUT2D eigenvalue weighted by Crippen LogP contribution is 2.09. The molecule has 0 atom stereocenters. The zero-order valence-corrected chi connectivity index (χ0v) is 11.3. The van der Waals surface area contributed by atoms with Crippen molar-refractivity contribution in [1.82, 2.24) is 15.5 Å². The van der Waals surface area contributed by atoms with Crippen LogP contribution in [-0.2, 0) is 17.6 Å². The number of nitrogens with zero attached hydrogens (tertiary/aromatic N) is 2. The van der Waals surface area contributed by atoms with Gasteiger partial charge in [0, 0.05) is 6.42 Å². The minimum Gasteiger partial charge on any atom is -0.378 e. The van der Waals surface area contributed by atoms with Crippen LogP contribution in [0.15, 0.2) is 4.52 Å². The predicted molar refractivity (Wildman–Crippen MR) is 68.4 cm³/mol. The van der Waals surface area contributed by atoms with Gasteiger partial charge in [-0.25, -0.2) is 0 Å². The highest BCUT2D eigenvalue weighted by Gasteiger charge is 2.14. The van der Waals surface area contributed by atoms with Crippen LogP contribution in [0.3, 0.4) is 0 Å². The van der Waals surface area contributed by atoms with E-state index in [-0.39, 0.29) is 0 Å². The van der Waals surface area contributed by atoms with Crippen LogP contribution in [0.2, 0.25) is 0 Å². The molecule has 102 valence electrons. The SMILES string of the molecule is CC(C)Cc1noc(CCOC2CCNCC2)n1. The van der Waals surface area contributed by atoms with E-state index in [9.17, 15) is 0 Å². The third-order valence-corrected chi connectivity index (χ3v) is 3.06. The molecule has 0 aromatic carbocycles. The Labute approximate surface area is 108 Å². The number of piperidine rings is 1. The fourth-order valence-electron chi connectivity index (χ4n) is 2.11. The molecule has 0 radical (unpaired) electrons. The molecule has 0 aliphatic carbocycles. The Kier molecular flexibility index (Phi) is 5.13. The summed E-state index contributed by atoms with van der Waals surface area (Å²) in [5.74, 6) is 2.06. The second kappa shape index (κ2) is 6.85. The number of rotatable bonds is 6. The third kappa shape index (κ3) is 4.38. The van der Waals surface area contributed by atoms with Crippen LogP contribution in [0.4, 0.5) is 0 Å². The molecular weight excluding hydrogens is 230 g/mol. The molecule has 0 saturated carbocycles. The number of hydrogen-bond donors (Lipinski definition) is 1. The van der Waals surface area contributed by atoms with Crippen LogP contribution >= 0.6 is 0 Å². The maximum atomic E-state index is 5.81. The quantitative estimate of drug-likeness (QED) is 0.834. The molecule has 1 aliphatic heterocycles. The van der Waals surface area contributed by atoms with E-state index in [0.717, 1.165) is 44.6 Å². The highest BCUT2D eigenvalue weighted by molar-refractivity contribution is 4.87. The summed E-state index contributed by atoms with van der Waals surface area (Å²) >= 11 is 0. The molecule has 1 fully saturated rings. The van der Waals surface area contributed by atoms with Gasteiger partial charge in [-0.05, 0) is 31.8 Å². The van der Waals surface area contributed by atoms with Gasteiger partial charge >= 0.3 is 0 Å². The fraction of sp³-hybridized carbons (Fsp3) is 0.846. The Morgan fingerprint density at radius 3 is 2.89 bits per heavy atom. The summed E-state index contributed by atoms with van der Waals surface area (Å²) in [6.07, 6.45) is 4.18. The molecule has 5 heteroatoms. The minimum atomic E-state index is 0.393. The monoisotopic (exact) mass is 253 g/mol. The van der Waals surface area contributed by atoms with E-state index in [1.807, 2.05) is 0 Å². The molecule has 18 heavy (non-hydrogen) atoms. The standard InChI is InChI=1S/C13H23N3O2/c1-10(2)9-12-15-13(18-16-12)5-8-17-11-3-6-14-7-4-11/h10-11,14H,3-9H2,1-2H3. The highest BCUT2D eigenvalue weighted by atomic mass is 16.5. The maximum Gasteiger partial charge on any atom is 0.228 e. The smallest absolute Gasteiger partial charge is 0.228 e. The van der Waals surface area contributed by atoms with Gasteiger partial charge < -0.3 is 14.6 Å². The average molecular weight is 253 g/mol. The molecule has 5 nitrogen and oxygen atoms in total. The van der Waals surface area contributed by atoms with Gasteiger partial charge in [0.05, 0.1) is 19.1 Å². The van der Waals surface area contributed by atoms with Crippen molar-refractivity contribution in [2.45, 2.75) is 45.6 Å². The van der Waals surface area contributed by atoms with Crippen molar-refractivity contribution < 1.29 is 9.26 Å². The van der Waals surface area contributed by atoms with Gasteiger partial charge in [-0.15, -0.1) is 0 Å². The summed E-state index contributed by atoms with van der Waals surface area (Å²) in [7, 11) is 0. The van der Waals surface area contributed by atoms with Crippen LogP contribution in [0.1, 0.15) is 38.4 Å². The second-order valence-electron chi connectivity index (χ2n) is 5.27. The van der Waals surface area contributed by atoms with Crippen molar-refractivity contribution in [1.29, 1.82) is 0 Å². The lowest BCUT2D eigenvalue weighted by Gasteiger charge is -2.22. The molecule has 1 aliphatic rings. The fourth-order valence-corrected chi connectivity index (χ4v) is 2.11. The zero-order valence-electron chi connectivity index (χ0n) is 11.3. The van der Waals surface area contributed by atoms with Crippen molar-refractivity contribution in [2.75, 3.05) is 19.7 Å². The Balaban J connectivity index is 1.67. The molecule has 2 heterocycles. The maximum absolute atomic E-state index is 5.81. The first-order chi connectivity index (χ1) is 8.74. The number of nitrogens with one attached hydrogen (secondary N) is 1. The zero-order chi connectivity index (χ0) is 12.8. The van der Waals surface area contributed by atoms with Crippen LogP contribution in [0.25, 0.3) is 0 Å². The van der Waals surface area contributed by atoms with Gasteiger partial charge in [0.1, 0.15) is 0 Å². The Bertz CT molecular complexity index is 346. The van der Waals surface area contributed by atoms with Gasteiger partial charge in [-0.2, -0.15) is 4.98 Å². The summed E-state index contributed by atoms with van der Waals surface area (Å²) in [6, 6.07) is 0. The van der Waals surface area contributed by atoms with E-state index in [2.05, 4.69) is 29.3 Å². The van der Waals surface area contributed by atoms with E-state index in [1.54, 1.807) is 0 Å². The first-order valence-electron chi connectivity index (χ1n) is 6.88. The Morgan fingerprint density at radius 1 is 1.39 bits per heavy atom. The first kappa shape index (κ1) is 13.5. The van der Waals surface area contributed by atoms with Crippen LogP contribution < -0.4 is 5.32 Å². The van der Waals surface area contributed by atoms with E-state index in [4.69, 9.17) is 9.26 Å². The topological polar surface area (TPSA) is 60.2 Å². The molecule has 2 rings (SSSR count). The van der Waals surface area contributed by atoms with Crippen molar-refractivity contribution in [3.8, 4) is 0 Å². The number of ether oxygens (including phenoxy) is 1. The van der Waals surface area contributed by atoms with Crippen molar-refractivity contribution in [3.05, 3.63) is 11.7 Å². The van der Waals surface area contributed by atoms with Crippen LogP contribution in [-0.4, -0.2) is 35.9 Å². The van der Waals surface area contributed by atoms with Gasteiger partial charge in [0.15, 0.2) is 5.82 Å².